The van der Waals surface area contributed by atoms with E-state index in [9.17, 15) is 9.59 Å². The van der Waals surface area contributed by atoms with Gasteiger partial charge in [0.05, 0.1) is 6.61 Å². The van der Waals surface area contributed by atoms with Crippen LogP contribution in [0, 0.1) is 0 Å². The number of aliphatic carboxylic acids is 1. The maximum absolute atomic E-state index is 10.4. The minimum Gasteiger partial charge on any atom is -0.479 e. The van der Waals surface area contributed by atoms with Gasteiger partial charge in [-0.2, -0.15) is 0 Å². The summed E-state index contributed by atoms with van der Waals surface area (Å²) in [4.78, 5) is 20.4. The monoisotopic (exact) mass is 172 g/mol. The largest absolute Gasteiger partial charge is 0.479 e. The third kappa shape index (κ3) is 4.62. The summed E-state index contributed by atoms with van der Waals surface area (Å²) >= 11 is 0. The van der Waals surface area contributed by atoms with E-state index in [4.69, 9.17) is 9.84 Å². The third-order valence-electron chi connectivity index (χ3n) is 1.24. The Morgan fingerprint density at radius 1 is 1.67 bits per heavy atom. The molecule has 1 N–H and O–H groups in total. The molecule has 0 aromatic rings. The van der Waals surface area contributed by atoms with E-state index in [-0.39, 0.29) is 19.4 Å². The Balaban J connectivity index is 3.77. The molecule has 0 amide bonds. The fourth-order valence-corrected chi connectivity index (χ4v) is 0.682. The highest BCUT2D eigenvalue weighted by Crippen LogP contribution is 2.01. The summed E-state index contributed by atoms with van der Waals surface area (Å²) in [6, 6.07) is 0. The molecule has 4 heteroatoms. The van der Waals surface area contributed by atoms with Crippen molar-refractivity contribution in [1.29, 1.82) is 0 Å². The van der Waals surface area contributed by atoms with E-state index in [0.717, 1.165) is 0 Å². The van der Waals surface area contributed by atoms with Crippen molar-refractivity contribution < 1.29 is 19.4 Å². The van der Waals surface area contributed by atoms with Gasteiger partial charge in [-0.25, -0.2) is 4.79 Å². The second-order valence-electron chi connectivity index (χ2n) is 2.19. The zero-order chi connectivity index (χ0) is 9.40. The van der Waals surface area contributed by atoms with Gasteiger partial charge in [-0.3, -0.25) is 0 Å². The SMILES string of the molecule is C=CCOC(CCC=O)C(=O)O. The summed E-state index contributed by atoms with van der Waals surface area (Å²) in [5, 5.41) is 8.55. The van der Waals surface area contributed by atoms with Gasteiger partial charge in [0, 0.05) is 6.42 Å². The highest BCUT2D eigenvalue weighted by Gasteiger charge is 2.16. The Kier molecular flexibility index (Phi) is 5.91. The lowest BCUT2D eigenvalue weighted by Gasteiger charge is -2.09. The fraction of sp³-hybridized carbons (Fsp3) is 0.500. The molecule has 0 aliphatic rings. The van der Waals surface area contributed by atoms with Crippen LogP contribution in [-0.2, 0) is 14.3 Å². The molecule has 1 unspecified atom stereocenters. The average Bonchev–Trinajstić information content (AvgIpc) is 2.04. The minimum atomic E-state index is -1.04. The van der Waals surface area contributed by atoms with Gasteiger partial charge < -0.3 is 14.6 Å². The van der Waals surface area contributed by atoms with Crippen molar-refractivity contribution in [3.8, 4) is 0 Å². The molecular weight excluding hydrogens is 160 g/mol. The molecule has 0 aromatic heterocycles. The Labute approximate surface area is 70.8 Å². The van der Waals surface area contributed by atoms with Crippen molar-refractivity contribution in [1.82, 2.24) is 0 Å². The second-order valence-corrected chi connectivity index (χ2v) is 2.19. The first-order valence-corrected chi connectivity index (χ1v) is 3.61. The number of carbonyl (C=O) groups excluding carboxylic acids is 1. The topological polar surface area (TPSA) is 63.6 Å². The van der Waals surface area contributed by atoms with Crippen LogP contribution in [0.5, 0.6) is 0 Å². The van der Waals surface area contributed by atoms with E-state index in [1.54, 1.807) is 0 Å². The van der Waals surface area contributed by atoms with Gasteiger partial charge in [0.1, 0.15) is 6.29 Å². The minimum absolute atomic E-state index is 0.190. The quantitative estimate of drug-likeness (QED) is 0.451. The standard InChI is InChI=1S/C8H12O4/c1-2-6-12-7(8(10)11)4-3-5-9/h2,5,7H,1,3-4,6H2,(H,10,11). The van der Waals surface area contributed by atoms with E-state index in [1.165, 1.54) is 6.08 Å². The van der Waals surface area contributed by atoms with Crippen LogP contribution in [0.25, 0.3) is 0 Å². The maximum Gasteiger partial charge on any atom is 0.332 e. The number of hydrogen-bond donors (Lipinski definition) is 1. The van der Waals surface area contributed by atoms with E-state index in [2.05, 4.69) is 6.58 Å². The summed E-state index contributed by atoms with van der Waals surface area (Å²) in [5.41, 5.74) is 0. The van der Waals surface area contributed by atoms with Crippen LogP contribution >= 0.6 is 0 Å². The first-order valence-electron chi connectivity index (χ1n) is 3.61. The second kappa shape index (κ2) is 6.54. The number of carboxylic acid groups (broad SMARTS) is 1. The van der Waals surface area contributed by atoms with Crippen LogP contribution in [0.2, 0.25) is 0 Å². The fourth-order valence-electron chi connectivity index (χ4n) is 0.682. The molecule has 12 heavy (non-hydrogen) atoms. The van der Waals surface area contributed by atoms with Gasteiger partial charge >= 0.3 is 5.97 Å². The third-order valence-corrected chi connectivity index (χ3v) is 1.24. The Bertz CT molecular complexity index is 152. The number of hydrogen-bond acceptors (Lipinski definition) is 3. The smallest absolute Gasteiger partial charge is 0.332 e. The van der Waals surface area contributed by atoms with Crippen LogP contribution in [-0.4, -0.2) is 30.1 Å². The van der Waals surface area contributed by atoms with Gasteiger partial charge in [0.2, 0.25) is 0 Å². The van der Waals surface area contributed by atoms with Crippen LogP contribution in [0.15, 0.2) is 12.7 Å². The number of carbonyl (C=O) groups is 2. The van der Waals surface area contributed by atoms with Crippen LogP contribution in [0.3, 0.4) is 0 Å². The molecule has 0 bridgehead atoms. The molecule has 0 fully saturated rings. The first-order chi connectivity index (χ1) is 5.72. The number of carboxylic acids is 1. The number of rotatable bonds is 7. The van der Waals surface area contributed by atoms with Crippen molar-refractivity contribution >= 4 is 12.3 Å². The predicted molar refractivity (Wildman–Crippen MR) is 42.9 cm³/mol. The van der Waals surface area contributed by atoms with Crippen molar-refractivity contribution in [2.75, 3.05) is 6.61 Å². The summed E-state index contributed by atoms with van der Waals surface area (Å²) < 4.78 is 4.88. The molecular formula is C8H12O4. The van der Waals surface area contributed by atoms with Gasteiger partial charge in [-0.1, -0.05) is 6.08 Å². The number of aldehydes is 1. The van der Waals surface area contributed by atoms with Gasteiger partial charge in [-0.05, 0) is 6.42 Å². The van der Waals surface area contributed by atoms with Crippen LogP contribution in [0.1, 0.15) is 12.8 Å². The van der Waals surface area contributed by atoms with Gasteiger partial charge in [0.25, 0.3) is 0 Å². The molecule has 4 nitrogen and oxygen atoms in total. The van der Waals surface area contributed by atoms with E-state index < -0.39 is 12.1 Å². The van der Waals surface area contributed by atoms with Crippen molar-refractivity contribution in [2.24, 2.45) is 0 Å². The predicted octanol–water partition coefficient (Wildman–Crippen LogP) is 0.621. The molecule has 0 spiro atoms. The highest BCUT2D eigenvalue weighted by molar-refractivity contribution is 5.72. The normalized spacial score (nSPS) is 12.0. The first kappa shape index (κ1) is 10.8. The van der Waals surface area contributed by atoms with Crippen LogP contribution < -0.4 is 0 Å². The van der Waals surface area contributed by atoms with Crippen molar-refractivity contribution in [2.45, 2.75) is 18.9 Å². The van der Waals surface area contributed by atoms with Crippen LogP contribution in [0.4, 0.5) is 0 Å². The van der Waals surface area contributed by atoms with E-state index in [1.807, 2.05) is 0 Å². The highest BCUT2D eigenvalue weighted by atomic mass is 16.5. The number of ether oxygens (including phenoxy) is 1. The zero-order valence-electron chi connectivity index (χ0n) is 6.73. The molecule has 0 heterocycles. The van der Waals surface area contributed by atoms with E-state index >= 15 is 0 Å². The van der Waals surface area contributed by atoms with Crippen molar-refractivity contribution in [3.05, 3.63) is 12.7 Å². The summed E-state index contributed by atoms with van der Waals surface area (Å²) in [6.07, 6.45) is 1.67. The average molecular weight is 172 g/mol. The lowest BCUT2D eigenvalue weighted by Crippen LogP contribution is -2.24. The Morgan fingerprint density at radius 2 is 2.33 bits per heavy atom. The van der Waals surface area contributed by atoms with Crippen molar-refractivity contribution in [3.63, 3.8) is 0 Å². The maximum atomic E-state index is 10.4. The van der Waals surface area contributed by atoms with E-state index in [0.29, 0.717) is 6.29 Å². The molecule has 0 aliphatic carbocycles. The molecule has 0 aromatic carbocycles. The molecule has 68 valence electrons. The zero-order valence-corrected chi connectivity index (χ0v) is 6.73. The summed E-state index contributed by atoms with van der Waals surface area (Å²) in [5.74, 6) is -1.04. The Morgan fingerprint density at radius 3 is 2.75 bits per heavy atom. The molecule has 0 aliphatic heterocycles. The summed E-state index contributed by atoms with van der Waals surface area (Å²) in [7, 11) is 0. The molecule has 1 atom stereocenters. The summed E-state index contributed by atoms with van der Waals surface area (Å²) in [6.45, 7) is 3.58. The molecule has 0 rings (SSSR count). The molecule has 0 saturated carbocycles. The van der Waals surface area contributed by atoms with Gasteiger partial charge in [0.15, 0.2) is 6.10 Å². The lowest BCUT2D eigenvalue weighted by molar-refractivity contribution is -0.150. The van der Waals surface area contributed by atoms with Gasteiger partial charge in [-0.15, -0.1) is 6.58 Å². The molecule has 0 radical (unpaired) electrons. The lowest BCUT2D eigenvalue weighted by atomic mass is 10.2. The molecule has 0 saturated heterocycles. The Hall–Kier alpha value is -1.16.